The van der Waals surface area contributed by atoms with Gasteiger partial charge < -0.3 is 14.4 Å². The topological polar surface area (TPSA) is 73.1 Å². The second-order valence-electron chi connectivity index (χ2n) is 9.75. The first-order valence-electron chi connectivity index (χ1n) is 13.8. The smallest absolute Gasteiger partial charge is 0.271 e. The fourth-order valence-corrected chi connectivity index (χ4v) is 6.38. The molecule has 1 amide bonds. The van der Waals surface area contributed by atoms with Gasteiger partial charge in [-0.15, -0.1) is 0 Å². The van der Waals surface area contributed by atoms with E-state index in [-0.39, 0.29) is 11.5 Å². The Morgan fingerprint density at radius 1 is 1.02 bits per heavy atom. The molecule has 7 nitrogen and oxygen atoms in total. The highest BCUT2D eigenvalue weighted by molar-refractivity contribution is 9.10. The number of carbonyl (C=O) groups excluding carboxylic acids is 1. The molecule has 2 heterocycles. The third-order valence-corrected chi connectivity index (χ3v) is 8.76. The number of nitrogens with zero attached hydrogens (tertiary/aromatic N) is 3. The fraction of sp³-hybridized carbons (Fsp3) is 0.242. The molecule has 1 aromatic heterocycles. The quantitative estimate of drug-likeness (QED) is 0.243. The number of amides is 1. The first-order chi connectivity index (χ1) is 20.4. The van der Waals surface area contributed by atoms with Crippen molar-refractivity contribution in [2.45, 2.75) is 33.4 Å². The Labute approximate surface area is 257 Å². The Kier molecular flexibility index (Phi) is 9.09. The van der Waals surface area contributed by atoms with E-state index in [4.69, 9.17) is 14.5 Å². The predicted molar refractivity (Wildman–Crippen MR) is 170 cm³/mol. The number of allylic oxidation sites excluding steroid dienone is 1. The number of ether oxygens (including phenoxy) is 2. The molecule has 0 radical (unpaired) electrons. The lowest BCUT2D eigenvalue weighted by molar-refractivity contribution is -0.127. The van der Waals surface area contributed by atoms with E-state index in [0.717, 1.165) is 21.2 Å². The van der Waals surface area contributed by atoms with Gasteiger partial charge in [-0.25, -0.2) is 4.99 Å². The van der Waals surface area contributed by atoms with Crippen LogP contribution in [-0.2, 0) is 11.4 Å². The number of hydrogen-bond donors (Lipinski definition) is 0. The number of rotatable bonds is 9. The molecule has 4 aromatic rings. The standard InChI is InChI=1S/C33H32BrN3O4S/c1-5-36(6-2)32(39)29-21(3)35-33-37(30(29)25-12-8-10-14-27(25)40-4)31(38)28(42-33)19-23-11-7-9-13-26(23)41-20-22-15-17-24(34)18-16-22/h7-19,30H,5-6,20H2,1-4H3/b28-19+/t30-/m0/s1. The third kappa shape index (κ3) is 5.84. The first-order valence-corrected chi connectivity index (χ1v) is 15.4. The maximum absolute atomic E-state index is 14.2. The molecule has 0 saturated heterocycles. The van der Waals surface area contributed by atoms with Crippen molar-refractivity contribution in [1.82, 2.24) is 9.47 Å². The third-order valence-electron chi connectivity index (χ3n) is 7.25. The lowest BCUT2D eigenvalue weighted by atomic mass is 9.94. The minimum Gasteiger partial charge on any atom is -0.496 e. The van der Waals surface area contributed by atoms with Crippen molar-refractivity contribution in [3.8, 4) is 11.5 Å². The molecule has 1 aliphatic heterocycles. The minimum absolute atomic E-state index is 0.141. The molecule has 3 aromatic carbocycles. The zero-order chi connectivity index (χ0) is 29.8. The van der Waals surface area contributed by atoms with Crippen molar-refractivity contribution >= 4 is 39.2 Å². The van der Waals surface area contributed by atoms with Gasteiger partial charge in [-0.1, -0.05) is 75.8 Å². The van der Waals surface area contributed by atoms with E-state index in [1.54, 1.807) is 16.6 Å². The average molecular weight is 647 g/mol. The van der Waals surface area contributed by atoms with E-state index in [0.29, 0.717) is 51.8 Å². The number of halogens is 1. The van der Waals surface area contributed by atoms with Crippen LogP contribution in [0.5, 0.6) is 11.5 Å². The van der Waals surface area contributed by atoms with Gasteiger partial charge in [0, 0.05) is 28.7 Å². The molecule has 5 rings (SSSR count). The largest absolute Gasteiger partial charge is 0.496 e. The van der Waals surface area contributed by atoms with Crippen LogP contribution >= 0.6 is 27.3 Å². The maximum Gasteiger partial charge on any atom is 0.271 e. The molecule has 42 heavy (non-hydrogen) atoms. The van der Waals surface area contributed by atoms with E-state index in [2.05, 4.69) is 15.9 Å². The molecule has 216 valence electrons. The fourth-order valence-electron chi connectivity index (χ4n) is 5.08. The van der Waals surface area contributed by atoms with E-state index >= 15 is 0 Å². The Balaban J connectivity index is 1.63. The Bertz CT molecular complexity index is 1820. The number of aromatic nitrogens is 1. The van der Waals surface area contributed by atoms with Crippen LogP contribution in [0.3, 0.4) is 0 Å². The van der Waals surface area contributed by atoms with Crippen LogP contribution in [0.15, 0.2) is 98.3 Å². The number of likely N-dealkylation sites (N-methyl/N-ethyl adjacent to an activating group) is 1. The number of fused-ring (bicyclic) bond motifs is 1. The van der Waals surface area contributed by atoms with Crippen molar-refractivity contribution in [1.29, 1.82) is 0 Å². The van der Waals surface area contributed by atoms with Crippen LogP contribution in [0, 0.1) is 0 Å². The van der Waals surface area contributed by atoms with Crippen LogP contribution < -0.4 is 24.4 Å². The number of carbonyl (C=O) groups is 1. The molecular formula is C33H32BrN3O4S. The summed E-state index contributed by atoms with van der Waals surface area (Å²) in [6, 6.07) is 22.4. The maximum atomic E-state index is 14.2. The summed E-state index contributed by atoms with van der Waals surface area (Å²) in [7, 11) is 1.59. The van der Waals surface area contributed by atoms with Gasteiger partial charge in [-0.3, -0.25) is 14.2 Å². The molecule has 0 fully saturated rings. The summed E-state index contributed by atoms with van der Waals surface area (Å²) in [5.74, 6) is 1.13. The van der Waals surface area contributed by atoms with Crippen molar-refractivity contribution in [2.24, 2.45) is 4.99 Å². The lowest BCUT2D eigenvalue weighted by Gasteiger charge is -2.29. The molecule has 0 aliphatic carbocycles. The van der Waals surface area contributed by atoms with Crippen LogP contribution in [0.2, 0.25) is 0 Å². The summed E-state index contributed by atoms with van der Waals surface area (Å²) < 4.78 is 15.0. The molecule has 9 heteroatoms. The van der Waals surface area contributed by atoms with E-state index in [1.165, 1.54) is 11.3 Å². The summed E-state index contributed by atoms with van der Waals surface area (Å²) in [5, 5.41) is 0. The predicted octanol–water partition coefficient (Wildman–Crippen LogP) is 5.45. The molecule has 1 atom stereocenters. The van der Waals surface area contributed by atoms with Gasteiger partial charge in [-0.05, 0) is 56.7 Å². The molecule has 0 saturated carbocycles. The monoisotopic (exact) mass is 645 g/mol. The summed E-state index contributed by atoms with van der Waals surface area (Å²) in [6.07, 6.45) is 1.84. The van der Waals surface area contributed by atoms with Crippen LogP contribution in [0.4, 0.5) is 0 Å². The van der Waals surface area contributed by atoms with E-state index in [9.17, 15) is 9.59 Å². The number of methoxy groups -OCH3 is 1. The number of para-hydroxylation sites is 2. The van der Waals surface area contributed by atoms with Gasteiger partial charge in [0.1, 0.15) is 24.1 Å². The summed E-state index contributed by atoms with van der Waals surface area (Å²) >= 11 is 4.76. The molecule has 0 bridgehead atoms. The Morgan fingerprint density at radius 2 is 1.69 bits per heavy atom. The Hall–Kier alpha value is -3.95. The van der Waals surface area contributed by atoms with Gasteiger partial charge in [-0.2, -0.15) is 0 Å². The Morgan fingerprint density at radius 3 is 2.38 bits per heavy atom. The molecule has 0 unspecified atom stereocenters. The second-order valence-corrected chi connectivity index (χ2v) is 11.7. The van der Waals surface area contributed by atoms with E-state index in [1.807, 2.05) is 99.6 Å². The van der Waals surface area contributed by atoms with Gasteiger partial charge in [0.2, 0.25) is 0 Å². The number of thiazole rings is 1. The van der Waals surface area contributed by atoms with Crippen molar-refractivity contribution in [2.75, 3.05) is 20.2 Å². The normalized spacial score (nSPS) is 14.8. The van der Waals surface area contributed by atoms with Crippen molar-refractivity contribution in [3.05, 3.63) is 125 Å². The van der Waals surface area contributed by atoms with Crippen LogP contribution in [0.25, 0.3) is 6.08 Å². The van der Waals surface area contributed by atoms with Crippen molar-refractivity contribution in [3.63, 3.8) is 0 Å². The zero-order valence-corrected chi connectivity index (χ0v) is 26.4. The van der Waals surface area contributed by atoms with Gasteiger partial charge in [0.05, 0.1) is 22.9 Å². The highest BCUT2D eigenvalue weighted by atomic mass is 79.9. The van der Waals surface area contributed by atoms with Gasteiger partial charge in [0.25, 0.3) is 11.5 Å². The molecule has 1 aliphatic rings. The van der Waals surface area contributed by atoms with E-state index < -0.39 is 6.04 Å². The molecular weight excluding hydrogens is 614 g/mol. The highest BCUT2D eigenvalue weighted by Gasteiger charge is 2.35. The number of benzene rings is 3. The average Bonchev–Trinajstić information content (AvgIpc) is 3.31. The van der Waals surface area contributed by atoms with Crippen molar-refractivity contribution < 1.29 is 14.3 Å². The SMILES string of the molecule is CCN(CC)C(=O)C1=C(C)N=c2s/c(=C/c3ccccc3OCc3ccc(Br)cc3)c(=O)n2[C@H]1c1ccccc1OC. The second kappa shape index (κ2) is 12.9. The van der Waals surface area contributed by atoms with Crippen LogP contribution in [-0.4, -0.2) is 35.6 Å². The molecule has 0 spiro atoms. The van der Waals surface area contributed by atoms with Gasteiger partial charge in [0.15, 0.2) is 4.80 Å². The van der Waals surface area contributed by atoms with Crippen LogP contribution in [0.1, 0.15) is 43.5 Å². The summed E-state index contributed by atoms with van der Waals surface area (Å²) in [5.41, 5.74) is 3.38. The van der Waals surface area contributed by atoms with Gasteiger partial charge >= 0.3 is 0 Å². The lowest BCUT2D eigenvalue weighted by Crippen LogP contribution is -2.43. The molecule has 0 N–H and O–H groups in total. The summed E-state index contributed by atoms with van der Waals surface area (Å²) in [6.45, 7) is 7.21. The summed E-state index contributed by atoms with van der Waals surface area (Å²) in [4.78, 5) is 35.1. The highest BCUT2D eigenvalue weighted by Crippen LogP contribution is 2.36. The first kappa shape index (κ1) is 29.5. The zero-order valence-electron chi connectivity index (χ0n) is 24.0. The number of hydrogen-bond acceptors (Lipinski definition) is 6. The minimum atomic E-state index is -0.684.